The molecule has 0 fully saturated rings. The van der Waals surface area contributed by atoms with E-state index in [9.17, 15) is 4.79 Å². The van der Waals surface area contributed by atoms with Crippen LogP contribution in [-0.2, 0) is 11.2 Å². The van der Waals surface area contributed by atoms with E-state index in [2.05, 4.69) is 4.98 Å². The van der Waals surface area contributed by atoms with Gasteiger partial charge in [-0.15, -0.1) is 0 Å². The minimum Gasteiger partial charge on any atom is -0.369 e. The maximum absolute atomic E-state index is 10.6. The van der Waals surface area contributed by atoms with Gasteiger partial charge in [-0.3, -0.25) is 9.78 Å². The first-order chi connectivity index (χ1) is 5.61. The third-order valence-electron chi connectivity index (χ3n) is 1.30. The van der Waals surface area contributed by atoms with Crippen molar-refractivity contribution in [2.75, 3.05) is 0 Å². The van der Waals surface area contributed by atoms with Gasteiger partial charge in [0.25, 0.3) is 0 Å². The second kappa shape index (κ2) is 3.74. The highest BCUT2D eigenvalue weighted by Crippen LogP contribution is 2.22. The number of nitrogens with zero attached hydrogens (tertiary/aromatic N) is 1. The summed E-state index contributed by atoms with van der Waals surface area (Å²) in [4.78, 5) is 14.3. The van der Waals surface area contributed by atoms with E-state index in [-0.39, 0.29) is 6.42 Å². The number of hydrogen-bond donors (Lipinski definition) is 1. The second-order valence-electron chi connectivity index (χ2n) is 2.22. The number of carbonyl (C=O) groups excluding carboxylic acids is 1. The number of rotatable bonds is 2. The average Bonchev–Trinajstić information content (AvgIpc) is 1.97. The van der Waals surface area contributed by atoms with Crippen molar-refractivity contribution in [3.05, 3.63) is 28.0 Å². The molecule has 2 N–H and O–H groups in total. The van der Waals surface area contributed by atoms with Crippen LogP contribution in [0.2, 0.25) is 10.0 Å². The molecule has 5 heteroatoms. The van der Waals surface area contributed by atoms with Gasteiger partial charge < -0.3 is 5.73 Å². The summed E-state index contributed by atoms with van der Waals surface area (Å²) in [6.45, 7) is 0. The fourth-order valence-electron chi connectivity index (χ4n) is 0.781. The Hall–Kier alpha value is -0.800. The van der Waals surface area contributed by atoms with Crippen molar-refractivity contribution in [3.63, 3.8) is 0 Å². The van der Waals surface area contributed by atoms with Gasteiger partial charge in [0, 0.05) is 18.0 Å². The summed E-state index contributed by atoms with van der Waals surface area (Å²) in [6, 6.07) is 0. The molecule has 0 atom stereocenters. The summed E-state index contributed by atoms with van der Waals surface area (Å²) in [7, 11) is 0. The van der Waals surface area contributed by atoms with E-state index in [1.54, 1.807) is 0 Å². The first-order valence-corrected chi connectivity index (χ1v) is 3.93. The van der Waals surface area contributed by atoms with Gasteiger partial charge in [-0.25, -0.2) is 0 Å². The first-order valence-electron chi connectivity index (χ1n) is 3.17. The Morgan fingerprint density at radius 1 is 1.42 bits per heavy atom. The van der Waals surface area contributed by atoms with Gasteiger partial charge in [-0.1, -0.05) is 23.2 Å². The molecule has 1 rings (SSSR count). The monoisotopic (exact) mass is 204 g/mol. The molecule has 1 heterocycles. The van der Waals surface area contributed by atoms with Gasteiger partial charge in [0.2, 0.25) is 5.91 Å². The molecule has 0 spiro atoms. The van der Waals surface area contributed by atoms with Crippen LogP contribution in [0.25, 0.3) is 0 Å². The molecule has 0 radical (unpaired) electrons. The Balaban J connectivity index is 3.04. The summed E-state index contributed by atoms with van der Waals surface area (Å²) < 4.78 is 0. The number of carbonyl (C=O) groups is 1. The lowest BCUT2D eigenvalue weighted by molar-refractivity contribution is -0.117. The maximum Gasteiger partial charge on any atom is 0.221 e. The van der Waals surface area contributed by atoms with Crippen LogP contribution in [0, 0.1) is 0 Å². The predicted molar refractivity (Wildman–Crippen MR) is 47.2 cm³/mol. The number of hydrogen-bond acceptors (Lipinski definition) is 2. The topological polar surface area (TPSA) is 56.0 Å². The molecule has 1 aromatic heterocycles. The van der Waals surface area contributed by atoms with Gasteiger partial charge in [0.1, 0.15) is 0 Å². The van der Waals surface area contributed by atoms with E-state index in [1.807, 2.05) is 0 Å². The SMILES string of the molecule is NC(=O)Cc1c(Cl)cncc1Cl. The second-order valence-corrected chi connectivity index (χ2v) is 3.04. The van der Waals surface area contributed by atoms with Crippen LogP contribution in [0.5, 0.6) is 0 Å². The Kier molecular flexibility index (Phi) is 2.89. The Bertz CT molecular complexity index is 294. The maximum atomic E-state index is 10.6. The third-order valence-corrected chi connectivity index (χ3v) is 1.95. The van der Waals surface area contributed by atoms with Crippen LogP contribution in [0.4, 0.5) is 0 Å². The number of pyridine rings is 1. The number of nitrogens with two attached hydrogens (primary N) is 1. The number of amides is 1. The highest BCUT2D eigenvalue weighted by Gasteiger charge is 2.08. The quantitative estimate of drug-likeness (QED) is 0.793. The summed E-state index contributed by atoms with van der Waals surface area (Å²) in [5.74, 6) is -0.468. The summed E-state index contributed by atoms with van der Waals surface area (Å²) >= 11 is 11.4. The van der Waals surface area contributed by atoms with Crippen molar-refractivity contribution in [1.82, 2.24) is 4.98 Å². The van der Waals surface area contributed by atoms with Gasteiger partial charge in [0.15, 0.2) is 0 Å². The molecule has 0 aliphatic heterocycles. The summed E-state index contributed by atoms with van der Waals surface area (Å²) in [5, 5.41) is 0.725. The van der Waals surface area contributed by atoms with Gasteiger partial charge in [-0.05, 0) is 0 Å². The fraction of sp³-hybridized carbons (Fsp3) is 0.143. The van der Waals surface area contributed by atoms with Gasteiger partial charge >= 0.3 is 0 Å². The lowest BCUT2D eigenvalue weighted by Gasteiger charge is -2.02. The van der Waals surface area contributed by atoms with E-state index >= 15 is 0 Å². The first kappa shape index (κ1) is 9.29. The molecule has 0 aromatic carbocycles. The van der Waals surface area contributed by atoms with Gasteiger partial charge in [0.05, 0.1) is 16.5 Å². The highest BCUT2D eigenvalue weighted by molar-refractivity contribution is 6.36. The van der Waals surface area contributed by atoms with Crippen LogP contribution in [-0.4, -0.2) is 10.9 Å². The zero-order valence-corrected chi connectivity index (χ0v) is 7.56. The number of aromatic nitrogens is 1. The van der Waals surface area contributed by atoms with Crippen LogP contribution in [0.15, 0.2) is 12.4 Å². The zero-order chi connectivity index (χ0) is 9.14. The smallest absolute Gasteiger partial charge is 0.221 e. The molecule has 12 heavy (non-hydrogen) atoms. The lowest BCUT2D eigenvalue weighted by atomic mass is 10.2. The normalized spacial score (nSPS) is 9.83. The molecule has 64 valence electrons. The molecule has 0 saturated heterocycles. The van der Waals surface area contributed by atoms with Crippen molar-refractivity contribution in [2.24, 2.45) is 5.73 Å². The van der Waals surface area contributed by atoms with Crippen LogP contribution in [0.1, 0.15) is 5.56 Å². The highest BCUT2D eigenvalue weighted by atomic mass is 35.5. The molecular formula is C7H6Cl2N2O. The van der Waals surface area contributed by atoms with E-state index in [4.69, 9.17) is 28.9 Å². The average molecular weight is 205 g/mol. The molecular weight excluding hydrogens is 199 g/mol. The Morgan fingerprint density at radius 2 is 1.92 bits per heavy atom. The van der Waals surface area contributed by atoms with E-state index < -0.39 is 5.91 Å². The summed E-state index contributed by atoms with van der Waals surface area (Å²) in [6.07, 6.45) is 2.89. The van der Waals surface area contributed by atoms with Crippen molar-refractivity contribution in [2.45, 2.75) is 6.42 Å². The molecule has 0 aliphatic rings. The largest absolute Gasteiger partial charge is 0.369 e. The van der Waals surface area contributed by atoms with Crippen LogP contribution >= 0.6 is 23.2 Å². The zero-order valence-electron chi connectivity index (χ0n) is 6.05. The van der Waals surface area contributed by atoms with Crippen molar-refractivity contribution < 1.29 is 4.79 Å². The molecule has 0 saturated carbocycles. The Labute approximate surface area is 79.5 Å². The molecule has 3 nitrogen and oxygen atoms in total. The van der Waals surface area contributed by atoms with Gasteiger partial charge in [-0.2, -0.15) is 0 Å². The van der Waals surface area contributed by atoms with Crippen LogP contribution in [0.3, 0.4) is 0 Å². The van der Waals surface area contributed by atoms with Crippen molar-refractivity contribution >= 4 is 29.1 Å². The third kappa shape index (κ3) is 2.09. The molecule has 0 unspecified atom stereocenters. The molecule has 1 amide bonds. The van der Waals surface area contributed by atoms with E-state index in [0.717, 1.165) is 0 Å². The molecule has 1 aromatic rings. The van der Waals surface area contributed by atoms with Crippen LogP contribution < -0.4 is 5.73 Å². The number of halogens is 2. The van der Waals surface area contributed by atoms with E-state index in [0.29, 0.717) is 15.6 Å². The minimum absolute atomic E-state index is 0.0419. The lowest BCUT2D eigenvalue weighted by Crippen LogP contribution is -2.14. The molecule has 0 bridgehead atoms. The summed E-state index contributed by atoms with van der Waals surface area (Å²) in [5.41, 5.74) is 5.51. The standard InChI is InChI=1S/C7H6Cl2N2O/c8-5-2-11-3-6(9)4(5)1-7(10)12/h2-3H,1H2,(H2,10,12). The Morgan fingerprint density at radius 3 is 2.33 bits per heavy atom. The minimum atomic E-state index is -0.468. The van der Waals surface area contributed by atoms with E-state index in [1.165, 1.54) is 12.4 Å². The van der Waals surface area contributed by atoms with Crippen molar-refractivity contribution in [3.8, 4) is 0 Å². The number of primary amides is 1. The van der Waals surface area contributed by atoms with Crippen molar-refractivity contribution in [1.29, 1.82) is 0 Å². The predicted octanol–water partition coefficient (Wildman–Crippen LogP) is 1.42. The fourth-order valence-corrected chi connectivity index (χ4v) is 1.28. The molecule has 0 aliphatic carbocycles.